The molecule has 13 heavy (non-hydrogen) atoms. The Balaban J connectivity index is 2.33. The van der Waals surface area contributed by atoms with Crippen LogP contribution in [0.4, 0.5) is 0 Å². The lowest BCUT2D eigenvalue weighted by molar-refractivity contribution is 0.149. The maximum absolute atomic E-state index is 4.23. The molecule has 0 saturated carbocycles. The van der Waals surface area contributed by atoms with Crippen molar-refractivity contribution in [3.05, 3.63) is 12.2 Å². The van der Waals surface area contributed by atoms with E-state index in [1.54, 1.807) is 0 Å². The molecule has 0 aromatic rings. The molecule has 1 fully saturated rings. The minimum atomic E-state index is 0.820. The zero-order valence-electron chi connectivity index (χ0n) is 8.79. The summed E-state index contributed by atoms with van der Waals surface area (Å²) in [7, 11) is 0. The molecule has 1 rings (SSSR count). The third kappa shape index (κ3) is 3.35. The molecule has 1 nitrogen and oxygen atoms in total. The number of likely N-dealkylation sites (tertiary alicyclic amines) is 1. The maximum atomic E-state index is 4.23. The largest absolute Gasteiger partial charge is 0.299 e. The van der Waals surface area contributed by atoms with Crippen LogP contribution in [0, 0.1) is 11.8 Å². The first-order valence-corrected chi connectivity index (χ1v) is 5.76. The number of rotatable bonds is 3. The number of hydrogen-bond acceptors (Lipinski definition) is 2. The van der Waals surface area contributed by atoms with Crippen LogP contribution in [0.15, 0.2) is 12.2 Å². The molecular formula is C11H21NS. The second-order valence-corrected chi connectivity index (χ2v) is 4.70. The summed E-state index contributed by atoms with van der Waals surface area (Å²) >= 11 is 4.23. The van der Waals surface area contributed by atoms with Crippen molar-refractivity contribution in [2.45, 2.75) is 20.3 Å². The topological polar surface area (TPSA) is 3.24 Å². The van der Waals surface area contributed by atoms with Crippen LogP contribution in [-0.4, -0.2) is 30.3 Å². The van der Waals surface area contributed by atoms with Crippen molar-refractivity contribution in [2.75, 3.05) is 25.4 Å². The van der Waals surface area contributed by atoms with Gasteiger partial charge in [-0.05, 0) is 24.8 Å². The Morgan fingerprint density at radius 2 is 2.15 bits per heavy atom. The first kappa shape index (κ1) is 11.1. The lowest BCUT2D eigenvalue weighted by Crippen LogP contribution is -2.39. The fourth-order valence-electron chi connectivity index (χ4n) is 1.86. The Kier molecular flexibility index (Phi) is 4.33. The minimum Gasteiger partial charge on any atom is -0.299 e. The molecule has 76 valence electrons. The highest BCUT2D eigenvalue weighted by Gasteiger charge is 2.22. The highest BCUT2D eigenvalue weighted by molar-refractivity contribution is 7.80. The Morgan fingerprint density at radius 1 is 1.46 bits per heavy atom. The molecule has 1 heterocycles. The Bertz CT molecular complexity index is 179. The minimum absolute atomic E-state index is 0.820. The van der Waals surface area contributed by atoms with Crippen molar-refractivity contribution in [1.29, 1.82) is 0 Å². The van der Waals surface area contributed by atoms with Crippen LogP contribution >= 0.6 is 12.6 Å². The second-order valence-electron chi connectivity index (χ2n) is 4.39. The van der Waals surface area contributed by atoms with E-state index in [1.807, 2.05) is 0 Å². The molecule has 0 aromatic heterocycles. The highest BCUT2D eigenvalue weighted by Crippen LogP contribution is 2.22. The quantitative estimate of drug-likeness (QED) is 0.540. The van der Waals surface area contributed by atoms with Gasteiger partial charge in [0, 0.05) is 18.8 Å². The van der Waals surface area contributed by atoms with Crippen LogP contribution in [0.1, 0.15) is 20.3 Å². The molecule has 1 aliphatic rings. The van der Waals surface area contributed by atoms with Gasteiger partial charge >= 0.3 is 0 Å². The van der Waals surface area contributed by atoms with Crippen LogP contribution in [0.5, 0.6) is 0 Å². The lowest BCUT2D eigenvalue weighted by atomic mass is 9.88. The van der Waals surface area contributed by atoms with Crippen LogP contribution in [0.2, 0.25) is 0 Å². The molecule has 0 aliphatic carbocycles. The zero-order chi connectivity index (χ0) is 9.84. The average Bonchev–Trinajstić information content (AvgIpc) is 2.11. The van der Waals surface area contributed by atoms with Crippen molar-refractivity contribution in [1.82, 2.24) is 4.90 Å². The van der Waals surface area contributed by atoms with E-state index in [9.17, 15) is 0 Å². The van der Waals surface area contributed by atoms with Gasteiger partial charge in [-0.3, -0.25) is 4.90 Å². The van der Waals surface area contributed by atoms with E-state index in [2.05, 4.69) is 38.0 Å². The van der Waals surface area contributed by atoms with Gasteiger partial charge in [0.2, 0.25) is 0 Å². The van der Waals surface area contributed by atoms with Crippen LogP contribution in [0.25, 0.3) is 0 Å². The molecule has 1 saturated heterocycles. The third-order valence-electron chi connectivity index (χ3n) is 3.09. The first-order chi connectivity index (χ1) is 6.13. The van der Waals surface area contributed by atoms with Crippen LogP contribution in [0.3, 0.4) is 0 Å². The Labute approximate surface area is 87.6 Å². The van der Waals surface area contributed by atoms with Gasteiger partial charge < -0.3 is 0 Å². The van der Waals surface area contributed by atoms with E-state index in [1.165, 1.54) is 25.1 Å². The predicted octanol–water partition coefficient (Wildman–Crippen LogP) is 2.45. The fourth-order valence-corrected chi connectivity index (χ4v) is 1.96. The summed E-state index contributed by atoms with van der Waals surface area (Å²) in [4.78, 5) is 2.50. The summed E-state index contributed by atoms with van der Waals surface area (Å²) in [5.74, 6) is 2.54. The molecule has 0 bridgehead atoms. The fraction of sp³-hybridized carbons (Fsp3) is 0.818. The number of nitrogens with zero attached hydrogens (tertiary/aromatic N) is 1. The van der Waals surface area contributed by atoms with Gasteiger partial charge in [-0.1, -0.05) is 26.0 Å². The van der Waals surface area contributed by atoms with Gasteiger partial charge in [0.05, 0.1) is 0 Å². The van der Waals surface area contributed by atoms with Crippen molar-refractivity contribution < 1.29 is 0 Å². The molecule has 0 amide bonds. The number of thiol groups is 1. The van der Waals surface area contributed by atoms with Gasteiger partial charge in [0.1, 0.15) is 0 Å². The normalized spacial score (nSPS) is 30.4. The Morgan fingerprint density at radius 3 is 2.69 bits per heavy atom. The molecule has 0 N–H and O–H groups in total. The van der Waals surface area contributed by atoms with Crippen LogP contribution in [-0.2, 0) is 0 Å². The zero-order valence-corrected chi connectivity index (χ0v) is 9.69. The van der Waals surface area contributed by atoms with E-state index in [0.717, 1.165) is 24.1 Å². The highest BCUT2D eigenvalue weighted by atomic mass is 32.1. The molecule has 0 aromatic carbocycles. The molecule has 0 radical (unpaired) electrons. The molecule has 2 heteroatoms. The van der Waals surface area contributed by atoms with E-state index >= 15 is 0 Å². The summed E-state index contributed by atoms with van der Waals surface area (Å²) in [5.41, 5.74) is 1.24. The molecule has 2 unspecified atom stereocenters. The smallest absolute Gasteiger partial charge is 0.0198 e. The molecule has 1 aliphatic heterocycles. The summed E-state index contributed by atoms with van der Waals surface area (Å²) in [6, 6.07) is 0. The lowest BCUT2D eigenvalue weighted by Gasteiger charge is -2.35. The Hall–Kier alpha value is 0.0500. The van der Waals surface area contributed by atoms with Crippen molar-refractivity contribution in [2.24, 2.45) is 11.8 Å². The number of hydrogen-bond donors (Lipinski definition) is 1. The van der Waals surface area contributed by atoms with Crippen molar-refractivity contribution in [3.63, 3.8) is 0 Å². The van der Waals surface area contributed by atoms with Crippen molar-refractivity contribution >= 4 is 12.6 Å². The SMILES string of the molecule is C=C(CS)CN1CCC(C)C(C)C1. The maximum Gasteiger partial charge on any atom is 0.0198 e. The van der Waals surface area contributed by atoms with E-state index in [-0.39, 0.29) is 0 Å². The van der Waals surface area contributed by atoms with Gasteiger partial charge in [-0.15, -0.1) is 0 Å². The summed E-state index contributed by atoms with van der Waals surface area (Å²) in [6.07, 6.45) is 1.33. The van der Waals surface area contributed by atoms with Gasteiger partial charge in [-0.25, -0.2) is 0 Å². The van der Waals surface area contributed by atoms with E-state index in [4.69, 9.17) is 0 Å². The summed E-state index contributed by atoms with van der Waals surface area (Å²) < 4.78 is 0. The van der Waals surface area contributed by atoms with Crippen molar-refractivity contribution in [3.8, 4) is 0 Å². The van der Waals surface area contributed by atoms with Gasteiger partial charge in [-0.2, -0.15) is 12.6 Å². The molecular weight excluding hydrogens is 178 g/mol. The monoisotopic (exact) mass is 199 g/mol. The van der Waals surface area contributed by atoms with Crippen LogP contribution < -0.4 is 0 Å². The van der Waals surface area contributed by atoms with Gasteiger partial charge in [0.15, 0.2) is 0 Å². The number of piperidine rings is 1. The van der Waals surface area contributed by atoms with Gasteiger partial charge in [0.25, 0.3) is 0 Å². The first-order valence-electron chi connectivity index (χ1n) is 5.13. The van der Waals surface area contributed by atoms with E-state index in [0.29, 0.717) is 0 Å². The molecule has 0 spiro atoms. The van der Waals surface area contributed by atoms with E-state index < -0.39 is 0 Å². The molecule has 2 atom stereocenters. The third-order valence-corrected chi connectivity index (χ3v) is 3.54. The predicted molar refractivity (Wildman–Crippen MR) is 62.4 cm³/mol. The second kappa shape index (κ2) is 5.06. The standard InChI is InChI=1S/C11H21NS/c1-9(8-13)6-12-5-4-10(2)11(3)7-12/h10-11,13H,1,4-8H2,2-3H3. The summed E-state index contributed by atoms with van der Waals surface area (Å²) in [6.45, 7) is 12.2. The average molecular weight is 199 g/mol. The summed E-state index contributed by atoms with van der Waals surface area (Å²) in [5, 5.41) is 0.